The molecule has 2 fully saturated rings. The largest absolute Gasteiger partial charge is 0.368 e. The number of thiocarbonyl (C=S) groups is 1. The van der Waals surface area contributed by atoms with E-state index in [9.17, 15) is 9.59 Å². The summed E-state index contributed by atoms with van der Waals surface area (Å²) in [4.78, 5) is 27.3. The molecule has 2 aliphatic heterocycles. The van der Waals surface area contributed by atoms with Crippen molar-refractivity contribution in [1.82, 2.24) is 15.5 Å². The van der Waals surface area contributed by atoms with Gasteiger partial charge in [0, 0.05) is 0 Å². The lowest BCUT2D eigenvalue weighted by Gasteiger charge is -2.33. The van der Waals surface area contributed by atoms with E-state index < -0.39 is 18.0 Å². The molecule has 4 unspecified atom stereocenters. The van der Waals surface area contributed by atoms with Crippen molar-refractivity contribution >= 4 is 40.8 Å². The van der Waals surface area contributed by atoms with Crippen LogP contribution >= 0.6 is 24.0 Å². The topological polar surface area (TPSA) is 87.5 Å². The van der Waals surface area contributed by atoms with Crippen LogP contribution in [0.4, 0.5) is 0 Å². The van der Waals surface area contributed by atoms with Gasteiger partial charge in [-0.05, 0) is 38.0 Å². The van der Waals surface area contributed by atoms with E-state index in [1.54, 1.807) is 16.7 Å². The summed E-state index contributed by atoms with van der Waals surface area (Å²) < 4.78 is 0. The van der Waals surface area contributed by atoms with E-state index >= 15 is 0 Å². The third-order valence-electron chi connectivity index (χ3n) is 4.71. The summed E-state index contributed by atoms with van der Waals surface area (Å²) in [5, 5.41) is 6.25. The van der Waals surface area contributed by atoms with Crippen LogP contribution in [0.1, 0.15) is 33.6 Å². The summed E-state index contributed by atoms with van der Waals surface area (Å²) in [7, 11) is 1.82. The van der Waals surface area contributed by atoms with Gasteiger partial charge in [-0.3, -0.25) is 9.59 Å². The molecule has 2 heterocycles. The molecule has 8 heteroatoms. The molecule has 4 atom stereocenters. The highest BCUT2D eigenvalue weighted by molar-refractivity contribution is 7.99. The minimum Gasteiger partial charge on any atom is -0.368 e. The van der Waals surface area contributed by atoms with E-state index in [2.05, 4.69) is 10.6 Å². The summed E-state index contributed by atoms with van der Waals surface area (Å²) in [5.74, 6) is 0.348. The number of likely N-dealkylation sites (N-methyl/N-ethyl adjacent to an activating group) is 1. The Balaban J connectivity index is 2.23. The van der Waals surface area contributed by atoms with Gasteiger partial charge in [-0.15, -0.1) is 11.8 Å². The number of carbonyl (C=O) groups is 2. The fourth-order valence-electron chi connectivity index (χ4n) is 3.32. The fraction of sp³-hybridized carbons (Fsp3) is 0.800. The average molecular weight is 359 g/mol. The lowest BCUT2D eigenvalue weighted by Crippen LogP contribution is -2.57. The highest BCUT2D eigenvalue weighted by Crippen LogP contribution is 2.45. The van der Waals surface area contributed by atoms with Crippen LogP contribution in [0.5, 0.6) is 0 Å². The molecular weight excluding hydrogens is 332 g/mol. The number of nitrogens with two attached hydrogens (primary N) is 1. The summed E-state index contributed by atoms with van der Waals surface area (Å²) in [6.07, 6.45) is 1.47. The van der Waals surface area contributed by atoms with Crippen LogP contribution in [-0.2, 0) is 9.59 Å². The highest BCUT2D eigenvalue weighted by atomic mass is 32.2. The standard InChI is InChI=1S/C15H26N4O2S2/c1-8(17-4)13(22)18-9-5-6-23-10-7-15(2,3)11(12(16)20)19(10)14(9)21/h8-11,17H,5-7H2,1-4H3,(H2,16,20)(H,18,22). The summed E-state index contributed by atoms with van der Waals surface area (Å²) in [5.41, 5.74) is 5.31. The van der Waals surface area contributed by atoms with Gasteiger partial charge in [0.05, 0.1) is 16.4 Å². The Morgan fingerprint density at radius 3 is 2.74 bits per heavy atom. The summed E-state index contributed by atoms with van der Waals surface area (Å²) in [6, 6.07) is -0.969. The van der Waals surface area contributed by atoms with E-state index in [0.717, 1.165) is 12.2 Å². The van der Waals surface area contributed by atoms with Crippen molar-refractivity contribution in [2.75, 3.05) is 12.8 Å². The summed E-state index contributed by atoms with van der Waals surface area (Å²) in [6.45, 7) is 5.95. The molecule has 23 heavy (non-hydrogen) atoms. The van der Waals surface area contributed by atoms with Gasteiger partial charge in [-0.25, -0.2) is 0 Å². The van der Waals surface area contributed by atoms with Crippen LogP contribution in [-0.4, -0.2) is 58.0 Å². The molecule has 4 N–H and O–H groups in total. The van der Waals surface area contributed by atoms with E-state index in [0.29, 0.717) is 11.4 Å². The van der Waals surface area contributed by atoms with Crippen molar-refractivity contribution in [3.63, 3.8) is 0 Å². The van der Waals surface area contributed by atoms with E-state index in [4.69, 9.17) is 18.0 Å². The molecule has 130 valence electrons. The number of thioether (sulfide) groups is 1. The Bertz CT molecular complexity index is 512. The molecule has 6 nitrogen and oxygen atoms in total. The number of primary amides is 1. The van der Waals surface area contributed by atoms with Gasteiger partial charge in [0.2, 0.25) is 11.8 Å². The smallest absolute Gasteiger partial charge is 0.246 e. The Morgan fingerprint density at radius 1 is 1.52 bits per heavy atom. The second kappa shape index (κ2) is 6.94. The van der Waals surface area contributed by atoms with Gasteiger partial charge >= 0.3 is 0 Å². The average Bonchev–Trinajstić information content (AvgIpc) is 2.66. The number of nitrogens with one attached hydrogen (secondary N) is 2. The van der Waals surface area contributed by atoms with Crippen molar-refractivity contribution in [2.45, 2.75) is 57.1 Å². The molecule has 0 saturated carbocycles. The van der Waals surface area contributed by atoms with Crippen molar-refractivity contribution in [3.05, 3.63) is 0 Å². The summed E-state index contributed by atoms with van der Waals surface area (Å²) >= 11 is 7.08. The van der Waals surface area contributed by atoms with E-state index in [-0.39, 0.29) is 22.7 Å². The molecule has 0 aromatic rings. The zero-order valence-electron chi connectivity index (χ0n) is 14.1. The Morgan fingerprint density at radius 2 is 2.17 bits per heavy atom. The van der Waals surface area contributed by atoms with Crippen molar-refractivity contribution in [2.24, 2.45) is 11.1 Å². The van der Waals surface area contributed by atoms with Crippen LogP contribution in [0.15, 0.2) is 0 Å². The highest BCUT2D eigenvalue weighted by Gasteiger charge is 2.53. The number of hydrogen-bond donors (Lipinski definition) is 3. The van der Waals surface area contributed by atoms with Crippen molar-refractivity contribution < 1.29 is 9.59 Å². The first-order valence-electron chi connectivity index (χ1n) is 7.89. The zero-order valence-corrected chi connectivity index (χ0v) is 15.7. The minimum atomic E-state index is -0.565. The fourth-order valence-corrected chi connectivity index (χ4v) is 5.16. The molecular formula is C15H26N4O2S2. The number of rotatable bonds is 4. The second-order valence-corrected chi connectivity index (χ2v) is 8.65. The number of hydrogen-bond acceptors (Lipinski definition) is 5. The van der Waals surface area contributed by atoms with Crippen molar-refractivity contribution in [1.29, 1.82) is 0 Å². The SMILES string of the molecule is CNC(C)C(=S)NC1CCSC2CC(C)(C)C(C(N)=O)N2C1=O. The van der Waals surface area contributed by atoms with Crippen molar-refractivity contribution in [3.8, 4) is 0 Å². The van der Waals surface area contributed by atoms with Crippen LogP contribution in [0.2, 0.25) is 0 Å². The zero-order chi connectivity index (χ0) is 17.4. The monoisotopic (exact) mass is 358 g/mol. The first-order chi connectivity index (χ1) is 10.7. The molecule has 2 saturated heterocycles. The molecule has 0 aromatic carbocycles. The third kappa shape index (κ3) is 3.64. The van der Waals surface area contributed by atoms with Gasteiger partial charge in [0.1, 0.15) is 12.1 Å². The van der Waals surface area contributed by atoms with Gasteiger partial charge < -0.3 is 21.3 Å². The van der Waals surface area contributed by atoms with Gasteiger partial charge in [-0.2, -0.15) is 0 Å². The third-order valence-corrected chi connectivity index (χ3v) is 6.43. The van der Waals surface area contributed by atoms with Crippen LogP contribution < -0.4 is 16.4 Å². The normalized spacial score (nSPS) is 31.2. The number of carbonyl (C=O) groups excluding carboxylic acids is 2. The van der Waals surface area contributed by atoms with Crippen LogP contribution in [0.3, 0.4) is 0 Å². The number of fused-ring (bicyclic) bond motifs is 1. The Kier molecular flexibility index (Phi) is 5.58. The van der Waals surface area contributed by atoms with E-state index in [1.807, 2.05) is 27.8 Å². The quantitative estimate of drug-likeness (QED) is 0.633. The Hall–Kier alpha value is -0.860. The maximum atomic E-state index is 13.0. The van der Waals surface area contributed by atoms with Gasteiger partial charge in [0.15, 0.2) is 0 Å². The molecule has 2 rings (SSSR count). The first-order valence-corrected chi connectivity index (χ1v) is 9.35. The predicted octanol–water partition coefficient (Wildman–Crippen LogP) is 0.455. The van der Waals surface area contributed by atoms with Crippen LogP contribution in [0, 0.1) is 5.41 Å². The molecule has 2 amide bonds. The lowest BCUT2D eigenvalue weighted by molar-refractivity contribution is -0.141. The van der Waals surface area contributed by atoms with Crippen LogP contribution in [0.25, 0.3) is 0 Å². The molecule has 0 aromatic heterocycles. The van der Waals surface area contributed by atoms with Gasteiger partial charge in [0.25, 0.3) is 0 Å². The first kappa shape index (κ1) is 18.5. The second-order valence-electron chi connectivity index (χ2n) is 6.93. The number of amides is 2. The Labute approximate surface area is 147 Å². The molecule has 0 radical (unpaired) electrons. The minimum absolute atomic E-state index is 0.00791. The maximum Gasteiger partial charge on any atom is 0.246 e. The predicted molar refractivity (Wildman–Crippen MR) is 97.1 cm³/mol. The molecule has 0 spiro atoms. The van der Waals surface area contributed by atoms with E-state index in [1.165, 1.54) is 0 Å². The van der Waals surface area contributed by atoms with Gasteiger partial charge in [-0.1, -0.05) is 26.1 Å². The molecule has 2 aliphatic rings. The maximum absolute atomic E-state index is 13.0. The lowest BCUT2D eigenvalue weighted by atomic mass is 9.84. The molecule has 0 bridgehead atoms. The number of nitrogens with zero attached hydrogens (tertiary/aromatic N) is 1. The molecule has 0 aliphatic carbocycles.